The van der Waals surface area contributed by atoms with Crippen molar-refractivity contribution in [2.45, 2.75) is 71.6 Å². The van der Waals surface area contributed by atoms with Crippen LogP contribution in [0, 0.1) is 11.3 Å². The molecule has 16 heavy (non-hydrogen) atoms. The van der Waals surface area contributed by atoms with E-state index in [0.29, 0.717) is 5.92 Å². The van der Waals surface area contributed by atoms with Crippen molar-refractivity contribution in [3.8, 4) is 0 Å². The van der Waals surface area contributed by atoms with Gasteiger partial charge in [-0.1, -0.05) is 46.0 Å². The summed E-state index contributed by atoms with van der Waals surface area (Å²) in [7, 11) is 0. The van der Waals surface area contributed by atoms with E-state index in [-0.39, 0.29) is 0 Å². The van der Waals surface area contributed by atoms with E-state index in [2.05, 4.69) is 13.8 Å². The Kier molecular flexibility index (Phi) is 5.30. The highest BCUT2D eigenvalue weighted by molar-refractivity contribution is 5.75. The van der Waals surface area contributed by atoms with Gasteiger partial charge in [0.05, 0.1) is 5.41 Å². The maximum atomic E-state index is 11.7. The first-order valence-electron chi connectivity index (χ1n) is 6.90. The molecule has 1 atom stereocenters. The smallest absolute Gasteiger partial charge is 0.309 e. The molecule has 2 nitrogen and oxygen atoms in total. The second-order valence-corrected chi connectivity index (χ2v) is 5.25. The number of hydrogen-bond donors (Lipinski definition) is 1. The van der Waals surface area contributed by atoms with Crippen molar-refractivity contribution in [1.29, 1.82) is 0 Å². The summed E-state index contributed by atoms with van der Waals surface area (Å²) in [6, 6.07) is 0. The molecule has 1 rings (SSSR count). The van der Waals surface area contributed by atoms with Gasteiger partial charge in [0, 0.05) is 0 Å². The van der Waals surface area contributed by atoms with E-state index in [4.69, 9.17) is 0 Å². The molecule has 1 aliphatic rings. The largest absolute Gasteiger partial charge is 0.481 e. The molecule has 0 aromatic carbocycles. The van der Waals surface area contributed by atoms with Crippen LogP contribution < -0.4 is 0 Å². The van der Waals surface area contributed by atoms with Crippen LogP contribution in [-0.4, -0.2) is 11.1 Å². The Hall–Kier alpha value is -0.530. The first kappa shape index (κ1) is 13.5. The Labute approximate surface area is 99.4 Å². The summed E-state index contributed by atoms with van der Waals surface area (Å²) in [6.07, 6.45) is 9.83. The average Bonchev–Trinajstić information content (AvgIpc) is 2.31. The zero-order valence-corrected chi connectivity index (χ0v) is 10.8. The van der Waals surface area contributed by atoms with Gasteiger partial charge in [-0.3, -0.25) is 4.79 Å². The predicted octanol–water partition coefficient (Wildman–Crippen LogP) is 4.24. The van der Waals surface area contributed by atoms with E-state index in [0.717, 1.165) is 38.5 Å². The Morgan fingerprint density at radius 3 is 2.31 bits per heavy atom. The Balaban J connectivity index is 2.77. The van der Waals surface area contributed by atoms with E-state index in [1.54, 1.807) is 0 Å². The summed E-state index contributed by atoms with van der Waals surface area (Å²) in [5.41, 5.74) is -0.420. The van der Waals surface area contributed by atoms with Gasteiger partial charge in [0.25, 0.3) is 0 Å². The minimum absolute atomic E-state index is 0.420. The highest BCUT2D eigenvalue weighted by Gasteiger charge is 2.43. The van der Waals surface area contributed by atoms with Crippen LogP contribution in [0.25, 0.3) is 0 Å². The lowest BCUT2D eigenvalue weighted by atomic mass is 9.65. The second-order valence-electron chi connectivity index (χ2n) is 5.25. The molecule has 0 radical (unpaired) electrons. The van der Waals surface area contributed by atoms with Crippen molar-refractivity contribution in [2.24, 2.45) is 11.3 Å². The standard InChI is InChI=1S/C14H26O2/c1-3-5-11-14(4-2,13(15)16)12-9-7-6-8-10-12/h12H,3-11H2,1-2H3,(H,15,16). The van der Waals surface area contributed by atoms with Crippen LogP contribution in [0.5, 0.6) is 0 Å². The predicted molar refractivity (Wildman–Crippen MR) is 66.5 cm³/mol. The summed E-state index contributed by atoms with van der Waals surface area (Å²) in [5.74, 6) is -0.120. The Bertz CT molecular complexity index is 219. The molecular weight excluding hydrogens is 200 g/mol. The van der Waals surface area contributed by atoms with Crippen molar-refractivity contribution < 1.29 is 9.90 Å². The molecule has 1 N–H and O–H groups in total. The first-order valence-corrected chi connectivity index (χ1v) is 6.90. The van der Waals surface area contributed by atoms with E-state index in [1.807, 2.05) is 0 Å². The lowest BCUT2D eigenvalue weighted by molar-refractivity contribution is -0.154. The fraction of sp³-hybridized carbons (Fsp3) is 0.929. The summed E-state index contributed by atoms with van der Waals surface area (Å²) in [5, 5.41) is 9.60. The summed E-state index contributed by atoms with van der Waals surface area (Å²) >= 11 is 0. The van der Waals surface area contributed by atoms with Crippen molar-refractivity contribution in [3.63, 3.8) is 0 Å². The van der Waals surface area contributed by atoms with E-state index in [9.17, 15) is 9.90 Å². The van der Waals surface area contributed by atoms with E-state index in [1.165, 1.54) is 19.3 Å². The van der Waals surface area contributed by atoms with Crippen molar-refractivity contribution in [1.82, 2.24) is 0 Å². The molecule has 0 saturated heterocycles. The van der Waals surface area contributed by atoms with Crippen LogP contribution in [0.15, 0.2) is 0 Å². The lowest BCUT2D eigenvalue weighted by Gasteiger charge is -2.39. The topological polar surface area (TPSA) is 37.3 Å². The van der Waals surface area contributed by atoms with Gasteiger partial charge in [0.1, 0.15) is 0 Å². The van der Waals surface area contributed by atoms with Gasteiger partial charge in [-0.05, 0) is 31.6 Å². The van der Waals surface area contributed by atoms with E-state index >= 15 is 0 Å². The van der Waals surface area contributed by atoms with Gasteiger partial charge >= 0.3 is 5.97 Å². The zero-order chi connectivity index (χ0) is 12.0. The molecule has 2 heteroatoms. The molecule has 0 heterocycles. The molecule has 1 saturated carbocycles. The number of carbonyl (C=O) groups is 1. The van der Waals surface area contributed by atoms with Crippen molar-refractivity contribution in [2.75, 3.05) is 0 Å². The van der Waals surface area contributed by atoms with Gasteiger partial charge in [-0.2, -0.15) is 0 Å². The van der Waals surface area contributed by atoms with Crippen molar-refractivity contribution >= 4 is 5.97 Å². The fourth-order valence-electron chi connectivity index (χ4n) is 3.25. The fourth-order valence-corrected chi connectivity index (χ4v) is 3.25. The highest BCUT2D eigenvalue weighted by atomic mass is 16.4. The van der Waals surface area contributed by atoms with Gasteiger partial charge in [0.15, 0.2) is 0 Å². The van der Waals surface area contributed by atoms with Crippen LogP contribution in [0.4, 0.5) is 0 Å². The second kappa shape index (κ2) is 6.27. The maximum absolute atomic E-state index is 11.7. The molecule has 1 fully saturated rings. The third kappa shape index (κ3) is 2.78. The number of carboxylic acid groups (broad SMARTS) is 1. The molecule has 0 spiro atoms. The zero-order valence-electron chi connectivity index (χ0n) is 10.8. The van der Waals surface area contributed by atoms with Crippen LogP contribution in [0.2, 0.25) is 0 Å². The minimum atomic E-state index is -0.546. The molecule has 94 valence electrons. The molecule has 1 aliphatic carbocycles. The maximum Gasteiger partial charge on any atom is 0.309 e. The summed E-state index contributed by atoms with van der Waals surface area (Å²) in [4.78, 5) is 11.7. The third-order valence-electron chi connectivity index (χ3n) is 4.42. The lowest BCUT2D eigenvalue weighted by Crippen LogP contribution is -2.39. The molecule has 0 amide bonds. The number of unbranched alkanes of at least 4 members (excludes halogenated alkanes) is 1. The van der Waals surface area contributed by atoms with Gasteiger partial charge < -0.3 is 5.11 Å². The molecule has 0 bridgehead atoms. The monoisotopic (exact) mass is 226 g/mol. The highest BCUT2D eigenvalue weighted by Crippen LogP contribution is 2.44. The SMILES string of the molecule is CCCCC(CC)(C(=O)O)C1CCCCC1. The van der Waals surface area contributed by atoms with Crippen molar-refractivity contribution in [3.05, 3.63) is 0 Å². The normalized spacial score (nSPS) is 21.6. The number of rotatable bonds is 6. The minimum Gasteiger partial charge on any atom is -0.481 e. The van der Waals surface area contributed by atoms with Crippen LogP contribution >= 0.6 is 0 Å². The molecular formula is C14H26O2. The first-order chi connectivity index (χ1) is 7.67. The van der Waals surface area contributed by atoms with E-state index < -0.39 is 11.4 Å². The average molecular weight is 226 g/mol. The molecule has 0 aromatic rings. The van der Waals surface area contributed by atoms with Crippen LogP contribution in [-0.2, 0) is 4.79 Å². The summed E-state index contributed by atoms with van der Waals surface area (Å²) < 4.78 is 0. The molecule has 0 aromatic heterocycles. The molecule has 0 aliphatic heterocycles. The van der Waals surface area contributed by atoms with Gasteiger partial charge in [-0.15, -0.1) is 0 Å². The van der Waals surface area contributed by atoms with Crippen LogP contribution in [0.3, 0.4) is 0 Å². The summed E-state index contributed by atoms with van der Waals surface area (Å²) in [6.45, 7) is 4.20. The number of hydrogen-bond acceptors (Lipinski definition) is 1. The Morgan fingerprint density at radius 1 is 1.25 bits per heavy atom. The van der Waals surface area contributed by atoms with Crippen LogP contribution in [0.1, 0.15) is 71.6 Å². The number of carboxylic acids is 1. The molecule has 1 unspecified atom stereocenters. The third-order valence-corrected chi connectivity index (χ3v) is 4.42. The number of aliphatic carboxylic acids is 1. The quantitative estimate of drug-likeness (QED) is 0.735. The van der Waals surface area contributed by atoms with Gasteiger partial charge in [0.2, 0.25) is 0 Å². The Morgan fingerprint density at radius 2 is 1.88 bits per heavy atom. The van der Waals surface area contributed by atoms with Gasteiger partial charge in [-0.25, -0.2) is 0 Å².